The number of nitrogens with zero attached hydrogens (tertiary/aromatic N) is 1. The summed E-state index contributed by atoms with van der Waals surface area (Å²) in [4.78, 5) is 11.7. The molecular weight excluding hydrogens is 254 g/mol. The number of furan rings is 1. The fourth-order valence-corrected chi connectivity index (χ4v) is 1.79. The van der Waals surface area contributed by atoms with Crippen LogP contribution in [-0.2, 0) is 9.53 Å². The largest absolute Gasteiger partial charge is 0.464 e. The first-order chi connectivity index (χ1) is 9.74. The van der Waals surface area contributed by atoms with Gasteiger partial charge in [-0.25, -0.2) is 4.79 Å². The van der Waals surface area contributed by atoms with Gasteiger partial charge in [0.2, 0.25) is 0 Å². The van der Waals surface area contributed by atoms with Crippen molar-refractivity contribution in [3.05, 3.63) is 65.6 Å². The van der Waals surface area contributed by atoms with E-state index in [2.05, 4.69) is 6.07 Å². The molecule has 100 valence electrons. The zero-order valence-corrected chi connectivity index (χ0v) is 11.0. The Kier molecular flexibility index (Phi) is 4.35. The molecule has 20 heavy (non-hydrogen) atoms. The van der Waals surface area contributed by atoms with Crippen LogP contribution in [0, 0.1) is 11.3 Å². The second-order valence-corrected chi connectivity index (χ2v) is 3.98. The van der Waals surface area contributed by atoms with Gasteiger partial charge >= 0.3 is 5.97 Å². The van der Waals surface area contributed by atoms with Gasteiger partial charge in [0.05, 0.1) is 24.5 Å². The first kappa shape index (κ1) is 13.6. The van der Waals surface area contributed by atoms with E-state index in [4.69, 9.17) is 14.4 Å². The lowest BCUT2D eigenvalue weighted by Gasteiger charge is -2.05. The molecule has 0 spiro atoms. The smallest absolute Gasteiger partial charge is 0.331 e. The third kappa shape index (κ3) is 3.15. The quantitative estimate of drug-likeness (QED) is 0.630. The van der Waals surface area contributed by atoms with Gasteiger partial charge in [0.1, 0.15) is 5.76 Å². The third-order valence-electron chi connectivity index (χ3n) is 2.64. The van der Waals surface area contributed by atoms with Crippen molar-refractivity contribution in [2.45, 2.75) is 6.92 Å². The molecule has 2 aromatic rings. The number of carbonyl (C=O) groups excluding carboxylic acids is 1. The molecule has 0 N–H and O–H groups in total. The lowest BCUT2D eigenvalue weighted by Crippen LogP contribution is -2.01. The van der Waals surface area contributed by atoms with E-state index < -0.39 is 5.97 Å². The van der Waals surface area contributed by atoms with E-state index in [1.165, 1.54) is 12.3 Å². The summed E-state index contributed by atoms with van der Waals surface area (Å²) in [5.74, 6) is 0.106. The van der Waals surface area contributed by atoms with Gasteiger partial charge in [0.15, 0.2) is 0 Å². The van der Waals surface area contributed by atoms with Crippen LogP contribution in [0.2, 0.25) is 0 Å². The summed E-state index contributed by atoms with van der Waals surface area (Å²) in [6.45, 7) is 2.05. The minimum absolute atomic E-state index is 0.305. The standard InChI is InChI=1S/C16H13NO3/c1-2-19-16(18)10-14(15-7-4-8-20-15)13-6-3-5-12(9-13)11-17/h3-10H,2H2,1H3. The normalized spacial score (nSPS) is 10.9. The molecule has 0 radical (unpaired) electrons. The molecule has 2 rings (SSSR count). The number of nitriles is 1. The topological polar surface area (TPSA) is 63.2 Å². The van der Waals surface area contributed by atoms with Gasteiger partial charge in [-0.3, -0.25) is 0 Å². The molecule has 1 aromatic heterocycles. The van der Waals surface area contributed by atoms with Crippen LogP contribution in [-0.4, -0.2) is 12.6 Å². The summed E-state index contributed by atoms with van der Waals surface area (Å²) in [6, 6.07) is 12.5. The third-order valence-corrected chi connectivity index (χ3v) is 2.64. The first-order valence-electron chi connectivity index (χ1n) is 6.17. The second-order valence-electron chi connectivity index (χ2n) is 3.98. The summed E-state index contributed by atoms with van der Waals surface area (Å²) in [5.41, 5.74) is 1.83. The van der Waals surface area contributed by atoms with E-state index >= 15 is 0 Å². The molecule has 0 aliphatic carbocycles. The lowest BCUT2D eigenvalue weighted by atomic mass is 10.0. The Labute approximate surface area is 116 Å². The summed E-state index contributed by atoms with van der Waals surface area (Å²) >= 11 is 0. The highest BCUT2D eigenvalue weighted by molar-refractivity contribution is 5.95. The minimum Gasteiger partial charge on any atom is -0.464 e. The van der Waals surface area contributed by atoms with E-state index in [0.29, 0.717) is 23.5 Å². The predicted octanol–water partition coefficient (Wildman–Crippen LogP) is 3.15. The molecule has 0 saturated carbocycles. The molecule has 0 amide bonds. The number of ether oxygens (including phenoxy) is 1. The van der Waals surface area contributed by atoms with E-state index in [-0.39, 0.29) is 0 Å². The SMILES string of the molecule is CCOC(=O)C=C(c1cccc(C#N)c1)c1ccco1. The van der Waals surface area contributed by atoms with E-state index in [0.717, 1.165) is 5.56 Å². The summed E-state index contributed by atoms with van der Waals surface area (Å²) < 4.78 is 10.3. The molecule has 1 aromatic carbocycles. The van der Waals surface area contributed by atoms with Crippen molar-refractivity contribution in [3.63, 3.8) is 0 Å². The van der Waals surface area contributed by atoms with Gasteiger partial charge in [-0.2, -0.15) is 5.26 Å². The summed E-state index contributed by atoms with van der Waals surface area (Å²) in [6.07, 6.45) is 2.90. The van der Waals surface area contributed by atoms with Crippen LogP contribution in [0.15, 0.2) is 53.2 Å². The Morgan fingerprint density at radius 1 is 1.40 bits per heavy atom. The molecule has 0 fully saturated rings. The van der Waals surface area contributed by atoms with Gasteiger partial charge in [0.25, 0.3) is 0 Å². The maximum absolute atomic E-state index is 11.7. The highest BCUT2D eigenvalue weighted by atomic mass is 16.5. The van der Waals surface area contributed by atoms with E-state index in [1.54, 1.807) is 37.3 Å². The van der Waals surface area contributed by atoms with Crippen LogP contribution in [0.1, 0.15) is 23.8 Å². The summed E-state index contributed by atoms with van der Waals surface area (Å²) in [5, 5.41) is 8.96. The fourth-order valence-electron chi connectivity index (χ4n) is 1.79. The molecule has 4 nitrogen and oxygen atoms in total. The monoisotopic (exact) mass is 267 g/mol. The maximum Gasteiger partial charge on any atom is 0.331 e. The van der Waals surface area contributed by atoms with Gasteiger partial charge in [0, 0.05) is 11.6 Å². The van der Waals surface area contributed by atoms with Gasteiger partial charge in [-0.1, -0.05) is 12.1 Å². The van der Waals surface area contributed by atoms with Gasteiger partial charge in [-0.15, -0.1) is 0 Å². The predicted molar refractivity (Wildman–Crippen MR) is 73.6 cm³/mol. The second kappa shape index (κ2) is 6.39. The van der Waals surface area contributed by atoms with E-state index in [9.17, 15) is 4.79 Å². The number of rotatable bonds is 4. The molecule has 4 heteroatoms. The number of esters is 1. The van der Waals surface area contributed by atoms with Crippen molar-refractivity contribution in [2.75, 3.05) is 6.61 Å². The van der Waals surface area contributed by atoms with Crippen molar-refractivity contribution in [2.24, 2.45) is 0 Å². The Morgan fingerprint density at radius 3 is 2.90 bits per heavy atom. The summed E-state index contributed by atoms with van der Waals surface area (Å²) in [7, 11) is 0. The maximum atomic E-state index is 11.7. The van der Waals surface area contributed by atoms with Crippen molar-refractivity contribution in [1.82, 2.24) is 0 Å². The van der Waals surface area contributed by atoms with Crippen molar-refractivity contribution < 1.29 is 13.9 Å². The molecular formula is C16H13NO3. The van der Waals surface area contributed by atoms with Gasteiger partial charge < -0.3 is 9.15 Å². The van der Waals surface area contributed by atoms with Crippen LogP contribution in [0.3, 0.4) is 0 Å². The molecule has 0 atom stereocenters. The van der Waals surface area contributed by atoms with Crippen molar-refractivity contribution >= 4 is 11.5 Å². The van der Waals surface area contributed by atoms with Crippen molar-refractivity contribution in [3.8, 4) is 6.07 Å². The average molecular weight is 267 g/mol. The zero-order valence-electron chi connectivity index (χ0n) is 11.0. The Balaban J connectivity index is 2.47. The number of carbonyl (C=O) groups is 1. The van der Waals surface area contributed by atoms with Crippen molar-refractivity contribution in [1.29, 1.82) is 5.26 Å². The first-order valence-corrected chi connectivity index (χ1v) is 6.17. The van der Waals surface area contributed by atoms with E-state index in [1.807, 2.05) is 6.07 Å². The van der Waals surface area contributed by atoms with Gasteiger partial charge in [-0.05, 0) is 36.8 Å². The Hall–Kier alpha value is -2.80. The molecule has 0 aliphatic heterocycles. The highest BCUT2D eigenvalue weighted by Crippen LogP contribution is 2.24. The molecule has 0 bridgehead atoms. The van der Waals surface area contributed by atoms with Crippen LogP contribution >= 0.6 is 0 Å². The Bertz CT molecular complexity index is 663. The average Bonchev–Trinajstić information content (AvgIpc) is 2.99. The molecule has 0 unspecified atom stereocenters. The van der Waals surface area contributed by atoms with Crippen LogP contribution in [0.25, 0.3) is 5.57 Å². The minimum atomic E-state index is -0.443. The Morgan fingerprint density at radius 2 is 2.25 bits per heavy atom. The molecule has 1 heterocycles. The fraction of sp³-hybridized carbons (Fsp3) is 0.125. The molecule has 0 saturated heterocycles. The molecule has 0 aliphatic rings. The zero-order chi connectivity index (χ0) is 14.4. The van der Waals surface area contributed by atoms with Crippen LogP contribution < -0.4 is 0 Å². The van der Waals surface area contributed by atoms with Crippen LogP contribution in [0.5, 0.6) is 0 Å². The lowest BCUT2D eigenvalue weighted by molar-refractivity contribution is -0.137. The van der Waals surface area contributed by atoms with Crippen LogP contribution in [0.4, 0.5) is 0 Å². The highest BCUT2D eigenvalue weighted by Gasteiger charge is 2.11. The number of hydrogen-bond donors (Lipinski definition) is 0. The number of benzene rings is 1. The number of hydrogen-bond acceptors (Lipinski definition) is 4.